The Balaban J connectivity index is 1.34. The quantitative estimate of drug-likeness (QED) is 0.342. The number of rotatable bonds is 8. The van der Waals surface area contributed by atoms with Crippen LogP contribution in [0.1, 0.15) is 38.7 Å². The van der Waals surface area contributed by atoms with Gasteiger partial charge in [-0.15, -0.1) is 0 Å². The van der Waals surface area contributed by atoms with Crippen LogP contribution < -0.4 is 14.4 Å². The fourth-order valence-corrected chi connectivity index (χ4v) is 5.75. The van der Waals surface area contributed by atoms with Gasteiger partial charge in [-0.3, -0.25) is 9.69 Å². The van der Waals surface area contributed by atoms with Crippen LogP contribution in [0.3, 0.4) is 0 Å². The maximum atomic E-state index is 14.8. The number of amides is 1. The molecule has 2 aliphatic rings. The molecule has 0 aliphatic carbocycles. The summed E-state index contributed by atoms with van der Waals surface area (Å²) in [5, 5.41) is 0. The van der Waals surface area contributed by atoms with E-state index in [0.717, 1.165) is 49.8 Å². The van der Waals surface area contributed by atoms with Gasteiger partial charge in [-0.1, -0.05) is 18.2 Å². The van der Waals surface area contributed by atoms with E-state index in [1.54, 1.807) is 0 Å². The van der Waals surface area contributed by atoms with E-state index < -0.39 is 11.6 Å². The first-order valence-corrected chi connectivity index (χ1v) is 13.4. The zero-order valence-electron chi connectivity index (χ0n) is 22.0. The van der Waals surface area contributed by atoms with Crippen molar-refractivity contribution in [2.75, 3.05) is 37.7 Å². The molecule has 38 heavy (non-hydrogen) atoms. The summed E-state index contributed by atoms with van der Waals surface area (Å²) in [4.78, 5) is 17.2. The van der Waals surface area contributed by atoms with E-state index in [-0.39, 0.29) is 16.9 Å². The van der Waals surface area contributed by atoms with Crippen LogP contribution in [0.2, 0.25) is 0 Å². The zero-order chi connectivity index (χ0) is 26.7. The molecule has 1 amide bonds. The van der Waals surface area contributed by atoms with E-state index in [2.05, 4.69) is 4.90 Å². The molecule has 0 atom stereocenters. The lowest BCUT2D eigenvalue weighted by Crippen LogP contribution is -2.41. The SMILES string of the molecule is CCOc1cc(CN2CCC3(CC2)CC(=O)N(c2ccccc2)C3)cc(OCC)c1-c1ccc(F)cc1F. The van der Waals surface area contributed by atoms with Crippen molar-refractivity contribution < 1.29 is 23.0 Å². The van der Waals surface area contributed by atoms with E-state index in [1.165, 1.54) is 12.1 Å². The van der Waals surface area contributed by atoms with Crippen LogP contribution in [0.4, 0.5) is 14.5 Å². The molecular weight excluding hydrogens is 486 g/mol. The van der Waals surface area contributed by atoms with Crippen molar-refractivity contribution in [2.45, 2.75) is 39.7 Å². The molecule has 2 aliphatic heterocycles. The normalized spacial score (nSPS) is 17.3. The van der Waals surface area contributed by atoms with Gasteiger partial charge in [0.05, 0.1) is 18.8 Å². The lowest BCUT2D eigenvalue weighted by Gasteiger charge is -2.39. The van der Waals surface area contributed by atoms with Crippen LogP contribution in [0.25, 0.3) is 11.1 Å². The number of carbonyl (C=O) groups excluding carboxylic acids is 1. The molecule has 3 aromatic carbocycles. The maximum absolute atomic E-state index is 14.8. The second-order valence-corrected chi connectivity index (χ2v) is 10.2. The topological polar surface area (TPSA) is 42.0 Å². The first-order chi connectivity index (χ1) is 18.4. The fraction of sp³-hybridized carbons (Fsp3) is 0.387. The third kappa shape index (κ3) is 5.39. The van der Waals surface area contributed by atoms with Gasteiger partial charge < -0.3 is 14.4 Å². The van der Waals surface area contributed by atoms with E-state index in [4.69, 9.17) is 9.47 Å². The number of ether oxygens (including phenoxy) is 2. The van der Waals surface area contributed by atoms with Crippen molar-refractivity contribution in [3.63, 3.8) is 0 Å². The molecule has 200 valence electrons. The molecule has 0 bridgehead atoms. The highest BCUT2D eigenvalue weighted by Gasteiger charge is 2.45. The summed E-state index contributed by atoms with van der Waals surface area (Å²) in [5.41, 5.74) is 2.74. The largest absolute Gasteiger partial charge is 0.493 e. The van der Waals surface area contributed by atoms with Crippen molar-refractivity contribution in [1.82, 2.24) is 4.90 Å². The van der Waals surface area contributed by atoms with Crippen molar-refractivity contribution in [3.05, 3.63) is 77.9 Å². The number of likely N-dealkylation sites (tertiary alicyclic amines) is 1. The van der Waals surface area contributed by atoms with Crippen molar-refractivity contribution in [1.29, 1.82) is 0 Å². The third-order valence-electron chi connectivity index (χ3n) is 7.64. The first kappa shape index (κ1) is 26.2. The predicted molar refractivity (Wildman–Crippen MR) is 144 cm³/mol. The summed E-state index contributed by atoms with van der Waals surface area (Å²) in [6.07, 6.45) is 2.51. The van der Waals surface area contributed by atoms with Crippen molar-refractivity contribution in [3.8, 4) is 22.6 Å². The third-order valence-corrected chi connectivity index (χ3v) is 7.64. The second kappa shape index (κ2) is 11.1. The number of anilines is 1. The van der Waals surface area contributed by atoms with Gasteiger partial charge in [-0.25, -0.2) is 8.78 Å². The van der Waals surface area contributed by atoms with Gasteiger partial charge in [0.1, 0.15) is 23.1 Å². The number of hydrogen-bond donors (Lipinski definition) is 0. The van der Waals surface area contributed by atoms with Gasteiger partial charge in [0.15, 0.2) is 0 Å². The van der Waals surface area contributed by atoms with Gasteiger partial charge in [0.2, 0.25) is 5.91 Å². The summed E-state index contributed by atoms with van der Waals surface area (Å²) in [6.45, 7) is 7.80. The van der Waals surface area contributed by atoms with E-state index in [1.807, 2.05) is 61.2 Å². The minimum absolute atomic E-state index is 0.0142. The molecule has 2 saturated heterocycles. The van der Waals surface area contributed by atoms with Gasteiger partial charge in [-0.05, 0) is 87.2 Å². The smallest absolute Gasteiger partial charge is 0.227 e. The number of carbonyl (C=O) groups is 1. The minimum Gasteiger partial charge on any atom is -0.493 e. The molecule has 5 nitrogen and oxygen atoms in total. The highest BCUT2D eigenvalue weighted by molar-refractivity contribution is 5.96. The summed E-state index contributed by atoms with van der Waals surface area (Å²) < 4.78 is 40.2. The fourth-order valence-electron chi connectivity index (χ4n) is 5.75. The molecule has 3 aromatic rings. The Morgan fingerprint density at radius 1 is 0.895 bits per heavy atom. The molecule has 1 spiro atoms. The van der Waals surface area contributed by atoms with E-state index in [0.29, 0.717) is 43.2 Å². The summed E-state index contributed by atoms with van der Waals surface area (Å²) >= 11 is 0. The maximum Gasteiger partial charge on any atom is 0.227 e. The van der Waals surface area contributed by atoms with E-state index in [9.17, 15) is 13.6 Å². The monoisotopic (exact) mass is 520 g/mol. The van der Waals surface area contributed by atoms with Gasteiger partial charge in [0, 0.05) is 36.8 Å². The molecule has 0 saturated carbocycles. The number of halogens is 2. The number of para-hydroxylation sites is 1. The molecule has 0 unspecified atom stereocenters. The molecular formula is C31H34F2N2O3. The van der Waals surface area contributed by atoms with E-state index >= 15 is 0 Å². The Hall–Kier alpha value is -3.45. The van der Waals surface area contributed by atoms with Gasteiger partial charge in [0.25, 0.3) is 0 Å². The molecule has 2 heterocycles. The predicted octanol–water partition coefficient (Wildman–Crippen LogP) is 6.45. The Kier molecular flexibility index (Phi) is 7.65. The van der Waals surface area contributed by atoms with Gasteiger partial charge >= 0.3 is 0 Å². The Bertz CT molecular complexity index is 1260. The molecule has 0 aromatic heterocycles. The van der Waals surface area contributed by atoms with Crippen LogP contribution in [0, 0.1) is 17.0 Å². The first-order valence-electron chi connectivity index (χ1n) is 13.4. The average molecular weight is 521 g/mol. The molecule has 2 fully saturated rings. The lowest BCUT2D eigenvalue weighted by molar-refractivity contribution is -0.118. The molecule has 5 rings (SSSR count). The number of benzene rings is 3. The second-order valence-electron chi connectivity index (χ2n) is 10.2. The number of nitrogens with zero attached hydrogens (tertiary/aromatic N) is 2. The van der Waals surface area contributed by atoms with Crippen molar-refractivity contribution >= 4 is 11.6 Å². The highest BCUT2D eigenvalue weighted by Crippen LogP contribution is 2.44. The van der Waals surface area contributed by atoms with Crippen LogP contribution in [0.5, 0.6) is 11.5 Å². The highest BCUT2D eigenvalue weighted by atomic mass is 19.1. The van der Waals surface area contributed by atoms with Crippen molar-refractivity contribution in [2.24, 2.45) is 5.41 Å². The standard InChI is InChI=1S/C31H34F2N2O3/c1-3-37-27-16-22(17-28(38-4-2)30(27)25-11-10-23(32)18-26(25)33)20-34-14-12-31(13-15-34)19-29(36)35(21-31)24-8-6-5-7-9-24/h5-11,16-18H,3-4,12-15,19-21H2,1-2H3. The van der Waals surface area contributed by atoms with Crippen LogP contribution in [-0.4, -0.2) is 43.7 Å². The molecule has 0 N–H and O–H groups in total. The Morgan fingerprint density at radius 3 is 2.16 bits per heavy atom. The van der Waals surface area contributed by atoms with Crippen LogP contribution >= 0.6 is 0 Å². The summed E-state index contributed by atoms with van der Waals surface area (Å²) in [5.74, 6) is -0.0372. The van der Waals surface area contributed by atoms with Gasteiger partial charge in [-0.2, -0.15) is 0 Å². The average Bonchev–Trinajstić information content (AvgIpc) is 3.23. The summed E-state index contributed by atoms with van der Waals surface area (Å²) in [7, 11) is 0. The molecule has 0 radical (unpaired) electrons. The Morgan fingerprint density at radius 2 is 1.55 bits per heavy atom. The lowest BCUT2D eigenvalue weighted by atomic mass is 9.77. The van der Waals surface area contributed by atoms with Crippen LogP contribution in [0.15, 0.2) is 60.7 Å². The van der Waals surface area contributed by atoms with Crippen LogP contribution in [-0.2, 0) is 11.3 Å². The molecule has 7 heteroatoms. The number of piperidine rings is 1. The minimum atomic E-state index is -0.656. The zero-order valence-corrected chi connectivity index (χ0v) is 22.0. The Labute approximate surface area is 223 Å². The number of hydrogen-bond acceptors (Lipinski definition) is 4. The summed E-state index contributed by atoms with van der Waals surface area (Å²) in [6, 6.07) is 17.3.